The van der Waals surface area contributed by atoms with Crippen LogP contribution in [0.2, 0.25) is 0 Å². The number of anilines is 1. The van der Waals surface area contributed by atoms with Gasteiger partial charge in [-0.1, -0.05) is 46.8 Å². The van der Waals surface area contributed by atoms with Crippen molar-refractivity contribution < 1.29 is 9.21 Å². The maximum absolute atomic E-state index is 12.0. The molecular weight excluding hydrogens is 378 g/mol. The molecule has 0 radical (unpaired) electrons. The maximum atomic E-state index is 12.0. The van der Waals surface area contributed by atoms with Crippen LogP contribution in [0.3, 0.4) is 0 Å². The highest BCUT2D eigenvalue weighted by Gasteiger charge is 2.19. The number of carbonyl (C=O) groups is 1. The SMILES string of the molecule is CCNC(=NCc1cccc(NC(=O)CC(C)C)c1)NCc1ncc(C(C)(C)C)o1. The van der Waals surface area contributed by atoms with Crippen molar-refractivity contribution in [3.8, 4) is 0 Å². The fraction of sp³-hybridized carbons (Fsp3) is 0.522. The van der Waals surface area contributed by atoms with Crippen molar-refractivity contribution in [1.29, 1.82) is 0 Å². The largest absolute Gasteiger partial charge is 0.443 e. The molecule has 0 atom stereocenters. The van der Waals surface area contributed by atoms with Crippen LogP contribution in [0.1, 0.15) is 65.2 Å². The minimum Gasteiger partial charge on any atom is -0.443 e. The van der Waals surface area contributed by atoms with E-state index in [1.807, 2.05) is 45.0 Å². The average molecular weight is 414 g/mol. The normalized spacial score (nSPS) is 12.2. The first-order valence-corrected chi connectivity index (χ1v) is 10.5. The van der Waals surface area contributed by atoms with Gasteiger partial charge in [0.25, 0.3) is 0 Å². The lowest BCUT2D eigenvalue weighted by molar-refractivity contribution is -0.116. The van der Waals surface area contributed by atoms with E-state index in [2.05, 4.69) is 46.7 Å². The molecule has 30 heavy (non-hydrogen) atoms. The van der Waals surface area contributed by atoms with Crippen LogP contribution < -0.4 is 16.0 Å². The van der Waals surface area contributed by atoms with Crippen molar-refractivity contribution in [2.75, 3.05) is 11.9 Å². The Kier molecular flexibility index (Phi) is 8.45. The van der Waals surface area contributed by atoms with E-state index in [4.69, 9.17) is 4.42 Å². The lowest BCUT2D eigenvalue weighted by Crippen LogP contribution is -2.36. The quantitative estimate of drug-likeness (QED) is 0.445. The Hall–Kier alpha value is -2.83. The molecule has 2 rings (SSSR count). The zero-order valence-corrected chi connectivity index (χ0v) is 19.0. The van der Waals surface area contributed by atoms with Gasteiger partial charge in [0.2, 0.25) is 11.8 Å². The average Bonchev–Trinajstić information content (AvgIpc) is 3.13. The number of guanidine groups is 1. The molecule has 0 bridgehead atoms. The van der Waals surface area contributed by atoms with Gasteiger partial charge in [0.05, 0.1) is 19.3 Å². The molecule has 1 heterocycles. The number of nitrogens with zero attached hydrogens (tertiary/aromatic N) is 2. The summed E-state index contributed by atoms with van der Waals surface area (Å²) in [6.45, 7) is 14.0. The molecule has 0 unspecified atom stereocenters. The summed E-state index contributed by atoms with van der Waals surface area (Å²) in [5.74, 6) is 2.52. The van der Waals surface area contributed by atoms with E-state index in [0.717, 1.165) is 23.6 Å². The number of hydrogen-bond donors (Lipinski definition) is 3. The predicted octanol–water partition coefficient (Wildman–Crippen LogP) is 4.21. The minimum atomic E-state index is -0.0700. The zero-order chi connectivity index (χ0) is 22.1. The molecule has 0 saturated heterocycles. The van der Waals surface area contributed by atoms with E-state index in [1.54, 1.807) is 6.20 Å². The van der Waals surface area contributed by atoms with Crippen molar-refractivity contribution in [1.82, 2.24) is 15.6 Å². The van der Waals surface area contributed by atoms with Crippen LogP contribution in [-0.2, 0) is 23.3 Å². The number of nitrogens with one attached hydrogen (secondary N) is 3. The molecule has 0 saturated carbocycles. The fourth-order valence-electron chi connectivity index (χ4n) is 2.74. The van der Waals surface area contributed by atoms with Gasteiger partial charge in [-0.15, -0.1) is 0 Å². The number of amides is 1. The number of oxazole rings is 1. The van der Waals surface area contributed by atoms with Crippen LogP contribution in [0.15, 0.2) is 39.9 Å². The van der Waals surface area contributed by atoms with Crippen LogP contribution in [-0.4, -0.2) is 23.4 Å². The molecule has 0 fully saturated rings. The molecule has 0 aliphatic rings. The standard InChI is InChI=1S/C23H35N5O2/c1-7-24-22(27-15-21-25-14-19(30-21)23(4,5)6)26-13-17-9-8-10-18(12-17)28-20(29)11-16(2)3/h8-10,12,14,16H,7,11,13,15H2,1-6H3,(H,28,29)(H2,24,26,27). The summed E-state index contributed by atoms with van der Waals surface area (Å²) < 4.78 is 5.82. The fourth-order valence-corrected chi connectivity index (χ4v) is 2.74. The van der Waals surface area contributed by atoms with Gasteiger partial charge < -0.3 is 20.4 Å². The van der Waals surface area contributed by atoms with Gasteiger partial charge in [0.15, 0.2) is 5.96 Å². The highest BCUT2D eigenvalue weighted by Crippen LogP contribution is 2.22. The van der Waals surface area contributed by atoms with Gasteiger partial charge in [0.1, 0.15) is 5.76 Å². The Labute approximate surface area is 179 Å². The van der Waals surface area contributed by atoms with Crippen molar-refractivity contribution in [2.24, 2.45) is 10.9 Å². The Bertz CT molecular complexity index is 849. The van der Waals surface area contributed by atoms with E-state index in [1.165, 1.54) is 0 Å². The molecular formula is C23H35N5O2. The smallest absolute Gasteiger partial charge is 0.224 e. The third kappa shape index (κ3) is 7.89. The lowest BCUT2D eigenvalue weighted by Gasteiger charge is -2.13. The van der Waals surface area contributed by atoms with Crippen LogP contribution in [0.25, 0.3) is 0 Å². The second-order valence-electron chi connectivity index (χ2n) is 8.76. The summed E-state index contributed by atoms with van der Waals surface area (Å²) in [6.07, 6.45) is 2.29. The van der Waals surface area contributed by atoms with E-state index >= 15 is 0 Å². The van der Waals surface area contributed by atoms with Crippen LogP contribution in [0.4, 0.5) is 5.69 Å². The molecule has 0 aliphatic carbocycles. The van der Waals surface area contributed by atoms with Crippen molar-refractivity contribution in [3.05, 3.63) is 47.7 Å². The summed E-state index contributed by atoms with van der Waals surface area (Å²) in [4.78, 5) is 21.0. The number of rotatable bonds is 8. The zero-order valence-electron chi connectivity index (χ0n) is 19.0. The molecule has 7 heteroatoms. The van der Waals surface area contributed by atoms with E-state index in [-0.39, 0.29) is 11.3 Å². The first kappa shape index (κ1) is 23.4. The van der Waals surface area contributed by atoms with E-state index in [9.17, 15) is 4.79 Å². The number of hydrogen-bond acceptors (Lipinski definition) is 4. The molecule has 0 aliphatic heterocycles. The molecule has 7 nitrogen and oxygen atoms in total. The van der Waals surface area contributed by atoms with Crippen molar-refractivity contribution >= 4 is 17.6 Å². The summed E-state index contributed by atoms with van der Waals surface area (Å²) >= 11 is 0. The second kappa shape index (κ2) is 10.8. The molecule has 2 aromatic rings. The molecule has 1 aromatic heterocycles. The highest BCUT2D eigenvalue weighted by molar-refractivity contribution is 5.90. The second-order valence-corrected chi connectivity index (χ2v) is 8.76. The third-order valence-electron chi connectivity index (χ3n) is 4.27. The first-order valence-electron chi connectivity index (χ1n) is 10.5. The summed E-state index contributed by atoms with van der Waals surface area (Å²) in [6, 6.07) is 7.77. The van der Waals surface area contributed by atoms with Gasteiger partial charge >= 0.3 is 0 Å². The summed E-state index contributed by atoms with van der Waals surface area (Å²) in [5, 5.41) is 9.43. The van der Waals surface area contributed by atoms with Crippen LogP contribution >= 0.6 is 0 Å². The Morgan fingerprint density at radius 3 is 2.63 bits per heavy atom. The minimum absolute atomic E-state index is 0.0289. The van der Waals surface area contributed by atoms with Gasteiger partial charge in [0, 0.05) is 24.1 Å². The Balaban J connectivity index is 1.98. The number of aromatic nitrogens is 1. The van der Waals surface area contributed by atoms with Crippen LogP contribution in [0, 0.1) is 5.92 Å². The predicted molar refractivity (Wildman–Crippen MR) is 121 cm³/mol. The maximum Gasteiger partial charge on any atom is 0.224 e. The monoisotopic (exact) mass is 413 g/mol. The van der Waals surface area contributed by atoms with Gasteiger partial charge in [-0.3, -0.25) is 4.79 Å². The Morgan fingerprint density at radius 1 is 1.23 bits per heavy atom. The molecule has 1 aromatic carbocycles. The highest BCUT2D eigenvalue weighted by atomic mass is 16.4. The van der Waals surface area contributed by atoms with Crippen molar-refractivity contribution in [2.45, 2.75) is 66.5 Å². The van der Waals surface area contributed by atoms with Crippen molar-refractivity contribution in [3.63, 3.8) is 0 Å². The number of aliphatic imine (C=N–C) groups is 1. The lowest BCUT2D eigenvalue weighted by atomic mass is 9.94. The third-order valence-corrected chi connectivity index (χ3v) is 4.27. The van der Waals surface area contributed by atoms with Crippen LogP contribution in [0.5, 0.6) is 0 Å². The number of carbonyl (C=O) groups excluding carboxylic acids is 1. The Morgan fingerprint density at radius 2 is 2.00 bits per heavy atom. The van der Waals surface area contributed by atoms with E-state index < -0.39 is 0 Å². The number of benzene rings is 1. The van der Waals surface area contributed by atoms with Gasteiger partial charge in [-0.25, -0.2) is 9.98 Å². The van der Waals surface area contributed by atoms with Gasteiger partial charge in [-0.2, -0.15) is 0 Å². The van der Waals surface area contributed by atoms with E-state index in [0.29, 0.717) is 37.3 Å². The molecule has 3 N–H and O–H groups in total. The summed E-state index contributed by atoms with van der Waals surface area (Å²) in [7, 11) is 0. The van der Waals surface area contributed by atoms with Gasteiger partial charge in [-0.05, 0) is 30.5 Å². The molecule has 0 spiro atoms. The summed E-state index contributed by atoms with van der Waals surface area (Å²) in [5.41, 5.74) is 1.74. The molecule has 1 amide bonds. The first-order chi connectivity index (χ1) is 14.2. The molecule has 164 valence electrons. The topological polar surface area (TPSA) is 91.5 Å².